The summed E-state index contributed by atoms with van der Waals surface area (Å²) in [7, 11) is 0. The van der Waals surface area contributed by atoms with Crippen LogP contribution in [-0.4, -0.2) is 48.1 Å². The van der Waals surface area contributed by atoms with E-state index in [-0.39, 0.29) is 55.1 Å². The van der Waals surface area contributed by atoms with Gasteiger partial charge >= 0.3 is 5.97 Å². The normalized spacial score (nSPS) is 12.6. The summed E-state index contributed by atoms with van der Waals surface area (Å²) in [6, 6.07) is 23.2. The number of nitrogens with zero attached hydrogens (tertiary/aromatic N) is 3. The molecule has 0 saturated carbocycles. The van der Waals surface area contributed by atoms with E-state index >= 15 is 0 Å². The van der Waals surface area contributed by atoms with E-state index in [1.165, 1.54) is 11.3 Å². The number of carbonyl (C=O) groups is 2. The molecule has 2 N–H and O–H groups in total. The number of fused-ring (bicyclic) bond motifs is 1. The summed E-state index contributed by atoms with van der Waals surface area (Å²) in [4.78, 5) is 34.0. The van der Waals surface area contributed by atoms with E-state index in [1.54, 1.807) is 24.3 Å². The third kappa shape index (κ3) is 7.56. The van der Waals surface area contributed by atoms with Gasteiger partial charge in [-0.25, -0.2) is 9.78 Å². The summed E-state index contributed by atoms with van der Waals surface area (Å²) in [5.41, 5.74) is 5.81. The molecule has 0 radical (unpaired) electrons. The fourth-order valence-electron chi connectivity index (χ4n) is 4.74. The second-order valence-electron chi connectivity index (χ2n) is 9.59. The molecular formula is C30H33Cl3N4O3. The van der Waals surface area contributed by atoms with Gasteiger partial charge in [0.25, 0.3) is 0 Å². The number of benzene rings is 3. The lowest BCUT2D eigenvalue weighted by molar-refractivity contribution is -0.115. The Bertz CT molecular complexity index is 1470. The van der Waals surface area contributed by atoms with E-state index < -0.39 is 5.97 Å². The van der Waals surface area contributed by atoms with Crippen molar-refractivity contribution in [2.45, 2.75) is 20.3 Å². The van der Waals surface area contributed by atoms with E-state index in [0.717, 1.165) is 37.3 Å². The molecule has 1 aliphatic heterocycles. The van der Waals surface area contributed by atoms with Crippen LogP contribution >= 0.6 is 37.2 Å². The van der Waals surface area contributed by atoms with Crippen LogP contribution in [0.25, 0.3) is 10.9 Å². The zero-order chi connectivity index (χ0) is 25.9. The molecule has 1 saturated heterocycles. The van der Waals surface area contributed by atoms with Gasteiger partial charge in [-0.15, -0.1) is 37.2 Å². The molecule has 5 rings (SSSR count). The van der Waals surface area contributed by atoms with Crippen LogP contribution in [0.15, 0.2) is 72.8 Å². The summed E-state index contributed by atoms with van der Waals surface area (Å²) in [5.74, 6) is -0.517. The summed E-state index contributed by atoms with van der Waals surface area (Å²) in [5, 5.41) is 13.4. The molecule has 1 fully saturated rings. The van der Waals surface area contributed by atoms with Crippen LogP contribution in [0.4, 0.5) is 17.2 Å². The van der Waals surface area contributed by atoms with E-state index in [1.807, 2.05) is 31.2 Å². The number of pyridine rings is 1. The molecule has 10 heteroatoms. The molecule has 0 unspecified atom stereocenters. The van der Waals surface area contributed by atoms with Crippen LogP contribution in [0.1, 0.15) is 27.0 Å². The van der Waals surface area contributed by atoms with Gasteiger partial charge in [-0.2, -0.15) is 0 Å². The molecule has 212 valence electrons. The first kappa shape index (κ1) is 32.7. The number of nitrogens with one attached hydrogen (secondary N) is 1. The highest BCUT2D eigenvalue weighted by atomic mass is 35.5. The summed E-state index contributed by atoms with van der Waals surface area (Å²) < 4.78 is 0. The average molecular weight is 604 g/mol. The number of aromatic carboxylic acids is 1. The number of aryl methyl sites for hydroxylation is 2. The SMILES string of the molecule is Cc1ccc(CC(=O)Nc2ccc3nc(N4CCN(c5cccc(C)c5)CC4)cc(C(=O)O)c3c2)cc1.Cl.Cl.Cl. The van der Waals surface area contributed by atoms with Crippen molar-refractivity contribution in [2.75, 3.05) is 41.3 Å². The van der Waals surface area contributed by atoms with Crippen molar-refractivity contribution in [2.24, 2.45) is 0 Å². The first-order valence-electron chi connectivity index (χ1n) is 12.5. The predicted molar refractivity (Wildman–Crippen MR) is 170 cm³/mol. The van der Waals surface area contributed by atoms with Gasteiger partial charge in [0.05, 0.1) is 17.5 Å². The third-order valence-electron chi connectivity index (χ3n) is 6.77. The molecule has 1 amide bonds. The van der Waals surface area contributed by atoms with Crippen LogP contribution in [0.2, 0.25) is 0 Å². The lowest BCUT2D eigenvalue weighted by atomic mass is 10.1. The van der Waals surface area contributed by atoms with Crippen molar-refractivity contribution in [3.63, 3.8) is 0 Å². The van der Waals surface area contributed by atoms with Crippen molar-refractivity contribution in [1.29, 1.82) is 0 Å². The molecular weight excluding hydrogens is 571 g/mol. The molecule has 7 nitrogen and oxygen atoms in total. The summed E-state index contributed by atoms with van der Waals surface area (Å²) in [6.07, 6.45) is 0.246. The summed E-state index contributed by atoms with van der Waals surface area (Å²) >= 11 is 0. The Kier molecular flexibility index (Phi) is 11.6. The van der Waals surface area contributed by atoms with Gasteiger partial charge in [0.15, 0.2) is 0 Å². The first-order valence-corrected chi connectivity index (χ1v) is 12.5. The second kappa shape index (κ2) is 14.2. The zero-order valence-corrected chi connectivity index (χ0v) is 24.7. The van der Waals surface area contributed by atoms with Gasteiger partial charge < -0.3 is 20.2 Å². The number of aromatic nitrogens is 1. The molecule has 1 aliphatic rings. The number of amides is 1. The van der Waals surface area contributed by atoms with Crippen LogP contribution in [-0.2, 0) is 11.2 Å². The minimum atomic E-state index is -1.02. The highest BCUT2D eigenvalue weighted by Crippen LogP contribution is 2.28. The largest absolute Gasteiger partial charge is 0.478 e. The zero-order valence-electron chi connectivity index (χ0n) is 22.3. The number of hydrogen-bond acceptors (Lipinski definition) is 5. The molecule has 0 spiro atoms. The molecule has 2 heterocycles. The van der Waals surface area contributed by atoms with E-state index in [2.05, 4.69) is 46.3 Å². The number of carbonyl (C=O) groups excluding carboxylic acids is 1. The Morgan fingerprint density at radius 1 is 0.825 bits per heavy atom. The van der Waals surface area contributed by atoms with Crippen molar-refractivity contribution in [1.82, 2.24) is 4.98 Å². The van der Waals surface area contributed by atoms with Crippen LogP contribution in [0.3, 0.4) is 0 Å². The van der Waals surface area contributed by atoms with Gasteiger partial charge in [0, 0.05) is 42.9 Å². The smallest absolute Gasteiger partial charge is 0.336 e. The molecule has 40 heavy (non-hydrogen) atoms. The third-order valence-corrected chi connectivity index (χ3v) is 6.77. The topological polar surface area (TPSA) is 85.8 Å². The minimum Gasteiger partial charge on any atom is -0.478 e. The van der Waals surface area contributed by atoms with E-state index in [4.69, 9.17) is 4.98 Å². The fraction of sp³-hybridized carbons (Fsp3) is 0.233. The predicted octanol–water partition coefficient (Wildman–Crippen LogP) is 6.32. The number of carboxylic acid groups (broad SMARTS) is 1. The Labute approximate surface area is 252 Å². The van der Waals surface area contributed by atoms with Crippen molar-refractivity contribution in [3.05, 3.63) is 95.1 Å². The van der Waals surface area contributed by atoms with Gasteiger partial charge in [-0.1, -0.05) is 42.0 Å². The molecule has 0 bridgehead atoms. The first-order chi connectivity index (χ1) is 17.9. The Morgan fingerprint density at radius 2 is 1.50 bits per heavy atom. The quantitative estimate of drug-likeness (QED) is 0.268. The maximum Gasteiger partial charge on any atom is 0.336 e. The molecule has 4 aromatic rings. The Balaban J connectivity index is 0.00000187. The minimum absolute atomic E-state index is 0. The number of halogens is 3. The lowest BCUT2D eigenvalue weighted by Gasteiger charge is -2.37. The number of piperazine rings is 1. The maximum absolute atomic E-state index is 12.6. The van der Waals surface area contributed by atoms with Gasteiger partial charge in [-0.05, 0) is 61.4 Å². The number of anilines is 3. The van der Waals surface area contributed by atoms with Crippen molar-refractivity contribution >= 4 is 77.2 Å². The van der Waals surface area contributed by atoms with Gasteiger partial charge in [-0.3, -0.25) is 4.79 Å². The van der Waals surface area contributed by atoms with E-state index in [9.17, 15) is 14.7 Å². The van der Waals surface area contributed by atoms with Crippen LogP contribution < -0.4 is 15.1 Å². The van der Waals surface area contributed by atoms with Crippen molar-refractivity contribution < 1.29 is 14.7 Å². The van der Waals surface area contributed by atoms with E-state index in [0.29, 0.717) is 22.4 Å². The highest BCUT2D eigenvalue weighted by molar-refractivity contribution is 6.05. The molecule has 3 aromatic carbocycles. The number of rotatable bonds is 6. The second-order valence-corrected chi connectivity index (χ2v) is 9.59. The van der Waals surface area contributed by atoms with Gasteiger partial charge in [0.1, 0.15) is 5.82 Å². The average Bonchev–Trinajstić information content (AvgIpc) is 2.89. The molecule has 1 aromatic heterocycles. The molecule has 0 aliphatic carbocycles. The maximum atomic E-state index is 12.6. The standard InChI is InChI=1S/C30H30N4O3.3ClH/c1-20-6-8-22(9-7-20)17-29(35)31-23-10-11-27-25(18-23)26(30(36)37)19-28(32-27)34-14-12-33(13-15-34)24-5-3-4-21(2)16-24;;;/h3-11,16,18-19H,12-15,17H2,1-2H3,(H,31,35)(H,36,37);3*1H. The highest BCUT2D eigenvalue weighted by Gasteiger charge is 2.21. The number of hydrogen-bond donors (Lipinski definition) is 2. The Hall–Kier alpha value is -3.52. The fourth-order valence-corrected chi connectivity index (χ4v) is 4.74. The molecule has 0 atom stereocenters. The van der Waals surface area contributed by atoms with Crippen LogP contribution in [0.5, 0.6) is 0 Å². The summed E-state index contributed by atoms with van der Waals surface area (Å²) in [6.45, 7) is 7.25. The lowest BCUT2D eigenvalue weighted by Crippen LogP contribution is -2.46. The van der Waals surface area contributed by atoms with Crippen molar-refractivity contribution in [3.8, 4) is 0 Å². The Morgan fingerprint density at radius 3 is 2.15 bits per heavy atom. The number of carboxylic acids is 1. The van der Waals surface area contributed by atoms with Crippen LogP contribution in [0, 0.1) is 13.8 Å². The monoisotopic (exact) mass is 602 g/mol. The van der Waals surface area contributed by atoms with Gasteiger partial charge in [0.2, 0.25) is 5.91 Å².